The molecule has 0 heterocycles. The van der Waals surface area contributed by atoms with Crippen molar-refractivity contribution in [2.45, 2.75) is 80.1 Å². The molecule has 0 unspecified atom stereocenters. The zero-order valence-electron chi connectivity index (χ0n) is 23.5. The van der Waals surface area contributed by atoms with E-state index in [0.29, 0.717) is 0 Å². The second kappa shape index (κ2) is 19.4. The molecule has 2 N–H and O–H groups in total. The SMILES string of the molecule is C/C(=C\CC/C(C)=C/COC(=O)/C(C)=C/C(=O)O)CC/C=C(\C)CC/C=C(\C)COC(=O)/C(C)=C/C(=O)O. The standard InChI is InChI=1S/C30H42O8/c1-21(12-8-14-23(3)16-17-37-29(35)25(5)18-27(31)32)10-7-11-22(2)13-9-15-24(4)20-38-30(36)26(6)19-28(33)34/h11-12,15-16,18-19H,7-10,13-14,17,20H2,1-6H3,(H,31,32)(H,33,34)/b21-12+,22-11+,23-16+,24-15+,25-18+,26-19+. The maximum Gasteiger partial charge on any atom is 0.334 e. The average molecular weight is 531 g/mol. The predicted molar refractivity (Wildman–Crippen MR) is 147 cm³/mol. The summed E-state index contributed by atoms with van der Waals surface area (Å²) in [5.41, 5.74) is 4.73. The number of aliphatic carboxylic acids is 2. The lowest BCUT2D eigenvalue weighted by atomic mass is 10.0. The van der Waals surface area contributed by atoms with E-state index in [1.807, 2.05) is 26.0 Å². The number of rotatable bonds is 17. The lowest BCUT2D eigenvalue weighted by Crippen LogP contribution is -2.09. The number of allylic oxidation sites excluding steroid dienone is 6. The van der Waals surface area contributed by atoms with Crippen LogP contribution in [0.2, 0.25) is 0 Å². The van der Waals surface area contributed by atoms with Crippen LogP contribution in [0.15, 0.2) is 69.9 Å². The maximum atomic E-state index is 11.7. The van der Waals surface area contributed by atoms with Crippen LogP contribution in [-0.2, 0) is 28.7 Å². The fourth-order valence-corrected chi connectivity index (χ4v) is 3.16. The Morgan fingerprint density at radius 3 is 1.34 bits per heavy atom. The third-order valence-electron chi connectivity index (χ3n) is 5.50. The minimum Gasteiger partial charge on any atom is -0.478 e. The molecule has 0 aliphatic rings. The molecule has 0 radical (unpaired) electrons. The minimum absolute atomic E-state index is 0.0555. The van der Waals surface area contributed by atoms with Gasteiger partial charge in [0.2, 0.25) is 0 Å². The molecule has 0 spiro atoms. The van der Waals surface area contributed by atoms with Crippen molar-refractivity contribution in [3.8, 4) is 0 Å². The van der Waals surface area contributed by atoms with Crippen molar-refractivity contribution < 1.29 is 38.9 Å². The largest absolute Gasteiger partial charge is 0.478 e. The van der Waals surface area contributed by atoms with Gasteiger partial charge in [-0.3, -0.25) is 0 Å². The number of carboxylic acid groups (broad SMARTS) is 2. The molecule has 0 saturated heterocycles. The van der Waals surface area contributed by atoms with Gasteiger partial charge in [-0.05, 0) is 91.7 Å². The van der Waals surface area contributed by atoms with E-state index < -0.39 is 23.9 Å². The Hall–Kier alpha value is -3.68. The van der Waals surface area contributed by atoms with E-state index in [1.54, 1.807) is 0 Å². The monoisotopic (exact) mass is 530 g/mol. The van der Waals surface area contributed by atoms with Gasteiger partial charge >= 0.3 is 23.9 Å². The van der Waals surface area contributed by atoms with E-state index >= 15 is 0 Å². The number of esters is 2. The van der Waals surface area contributed by atoms with Crippen molar-refractivity contribution in [2.24, 2.45) is 0 Å². The van der Waals surface area contributed by atoms with Gasteiger partial charge in [0.05, 0.1) is 0 Å². The summed E-state index contributed by atoms with van der Waals surface area (Å²) in [6.45, 7) is 11.1. The van der Waals surface area contributed by atoms with Gasteiger partial charge in [-0.2, -0.15) is 0 Å². The van der Waals surface area contributed by atoms with Crippen molar-refractivity contribution >= 4 is 23.9 Å². The van der Waals surface area contributed by atoms with E-state index in [2.05, 4.69) is 26.0 Å². The second-order valence-corrected chi connectivity index (χ2v) is 9.32. The van der Waals surface area contributed by atoms with Gasteiger partial charge in [0.15, 0.2) is 0 Å². The first-order chi connectivity index (χ1) is 17.8. The van der Waals surface area contributed by atoms with Crippen LogP contribution in [-0.4, -0.2) is 47.3 Å². The summed E-state index contributed by atoms with van der Waals surface area (Å²) < 4.78 is 10.2. The first-order valence-electron chi connectivity index (χ1n) is 12.6. The first-order valence-corrected chi connectivity index (χ1v) is 12.6. The number of carbonyl (C=O) groups excluding carboxylic acids is 2. The molecule has 38 heavy (non-hydrogen) atoms. The summed E-state index contributed by atoms with van der Waals surface area (Å²) in [5, 5.41) is 17.3. The third kappa shape index (κ3) is 18.6. The van der Waals surface area contributed by atoms with E-state index in [0.717, 1.165) is 61.8 Å². The molecule has 0 aliphatic heterocycles. The van der Waals surface area contributed by atoms with Gasteiger partial charge in [-0.25, -0.2) is 19.2 Å². The number of hydrogen-bond acceptors (Lipinski definition) is 6. The zero-order valence-corrected chi connectivity index (χ0v) is 23.5. The minimum atomic E-state index is -1.18. The lowest BCUT2D eigenvalue weighted by Gasteiger charge is -2.06. The molecule has 0 aromatic heterocycles. The van der Waals surface area contributed by atoms with Crippen LogP contribution in [0.4, 0.5) is 0 Å². The zero-order chi connectivity index (χ0) is 29.1. The molecule has 0 atom stereocenters. The average Bonchev–Trinajstić information content (AvgIpc) is 2.81. The van der Waals surface area contributed by atoms with Gasteiger partial charge in [0.25, 0.3) is 0 Å². The van der Waals surface area contributed by atoms with Crippen LogP contribution < -0.4 is 0 Å². The smallest absolute Gasteiger partial charge is 0.334 e. The molecule has 0 fully saturated rings. The highest BCUT2D eigenvalue weighted by Crippen LogP contribution is 2.14. The number of ether oxygens (including phenoxy) is 2. The first kappa shape index (κ1) is 34.3. The van der Waals surface area contributed by atoms with Crippen molar-refractivity contribution in [3.63, 3.8) is 0 Å². The van der Waals surface area contributed by atoms with Crippen LogP contribution in [0.25, 0.3) is 0 Å². The fourth-order valence-electron chi connectivity index (χ4n) is 3.16. The molecule has 0 rings (SSSR count). The molecular weight excluding hydrogens is 488 g/mol. The summed E-state index contributed by atoms with van der Waals surface area (Å²) in [7, 11) is 0. The molecule has 8 heteroatoms. The quantitative estimate of drug-likeness (QED) is 0.128. The number of carbonyl (C=O) groups is 4. The summed E-state index contributed by atoms with van der Waals surface area (Å²) in [4.78, 5) is 44.6. The number of hydrogen-bond donors (Lipinski definition) is 2. The molecular formula is C30H42O8. The predicted octanol–water partition coefficient (Wildman–Crippen LogP) is 6.26. The van der Waals surface area contributed by atoms with Crippen LogP contribution in [0.3, 0.4) is 0 Å². The molecule has 0 amide bonds. The van der Waals surface area contributed by atoms with E-state index in [4.69, 9.17) is 19.7 Å². The fraction of sp³-hybridized carbons (Fsp3) is 0.467. The molecule has 0 bridgehead atoms. The van der Waals surface area contributed by atoms with Crippen molar-refractivity contribution in [3.05, 3.63) is 69.9 Å². The second-order valence-electron chi connectivity index (χ2n) is 9.32. The molecule has 0 aromatic carbocycles. The molecule has 0 saturated carbocycles. The van der Waals surface area contributed by atoms with Gasteiger partial charge in [0.1, 0.15) is 13.2 Å². The maximum absolute atomic E-state index is 11.7. The van der Waals surface area contributed by atoms with Gasteiger partial charge in [0, 0.05) is 23.3 Å². The van der Waals surface area contributed by atoms with E-state index in [-0.39, 0.29) is 24.4 Å². The number of carboxylic acids is 2. The van der Waals surface area contributed by atoms with Gasteiger partial charge in [-0.15, -0.1) is 0 Å². The molecule has 0 aromatic rings. The molecule has 8 nitrogen and oxygen atoms in total. The summed E-state index contributed by atoms with van der Waals surface area (Å²) in [6, 6.07) is 0. The topological polar surface area (TPSA) is 127 Å². The third-order valence-corrected chi connectivity index (χ3v) is 5.50. The molecule has 210 valence electrons. The highest BCUT2D eigenvalue weighted by atomic mass is 16.5. The Labute approximate surface area is 226 Å². The Morgan fingerprint density at radius 1 is 0.553 bits per heavy atom. The summed E-state index contributed by atoms with van der Waals surface area (Å²) in [5.74, 6) is -3.62. The van der Waals surface area contributed by atoms with Crippen molar-refractivity contribution in [2.75, 3.05) is 13.2 Å². The van der Waals surface area contributed by atoms with Crippen LogP contribution in [0, 0.1) is 0 Å². The van der Waals surface area contributed by atoms with Crippen molar-refractivity contribution in [1.82, 2.24) is 0 Å². The Balaban J connectivity index is 4.29. The van der Waals surface area contributed by atoms with Gasteiger partial charge in [-0.1, -0.05) is 34.9 Å². The Kier molecular flexibility index (Phi) is 17.6. The normalized spacial score (nSPS) is 13.8. The van der Waals surface area contributed by atoms with Crippen LogP contribution in [0.1, 0.15) is 80.1 Å². The van der Waals surface area contributed by atoms with Crippen LogP contribution in [0.5, 0.6) is 0 Å². The van der Waals surface area contributed by atoms with Crippen LogP contribution >= 0.6 is 0 Å². The summed E-state index contributed by atoms with van der Waals surface area (Å²) in [6.07, 6.45) is 15.4. The Bertz CT molecular complexity index is 1020. The lowest BCUT2D eigenvalue weighted by molar-refractivity contribution is -0.139. The highest BCUT2D eigenvalue weighted by Gasteiger charge is 2.08. The van der Waals surface area contributed by atoms with Gasteiger partial charge < -0.3 is 19.7 Å². The van der Waals surface area contributed by atoms with Crippen molar-refractivity contribution in [1.29, 1.82) is 0 Å². The van der Waals surface area contributed by atoms with E-state index in [9.17, 15) is 19.2 Å². The highest BCUT2D eigenvalue weighted by molar-refractivity contribution is 5.95. The van der Waals surface area contributed by atoms with E-state index in [1.165, 1.54) is 25.0 Å². The molecule has 0 aliphatic carbocycles. The Morgan fingerprint density at radius 2 is 0.921 bits per heavy atom. The summed E-state index contributed by atoms with van der Waals surface area (Å²) >= 11 is 0.